The van der Waals surface area contributed by atoms with Crippen molar-refractivity contribution in [3.8, 4) is 11.5 Å². The number of benzene rings is 2. The Hall–Kier alpha value is -3.52. The minimum absolute atomic E-state index is 0.0177. The number of amides is 1. The van der Waals surface area contributed by atoms with E-state index < -0.39 is 0 Å². The number of aromatic nitrogens is 4. The van der Waals surface area contributed by atoms with Crippen LogP contribution in [0.2, 0.25) is 5.02 Å². The minimum atomic E-state index is -0.322. The first-order valence-corrected chi connectivity index (χ1v) is 8.75. The number of carbonyl (C=O) groups is 2. The second-order valence-electron chi connectivity index (χ2n) is 6.08. The van der Waals surface area contributed by atoms with Crippen LogP contribution in [0, 0.1) is 0 Å². The number of carbonyl (C=O) groups excluding carboxylic acids is 2. The molecule has 0 atom stereocenters. The Labute approximate surface area is 164 Å². The van der Waals surface area contributed by atoms with E-state index in [1.807, 2.05) is 24.3 Å². The van der Waals surface area contributed by atoms with Gasteiger partial charge in [-0.1, -0.05) is 23.7 Å². The fraction of sp³-hybridized carbons (Fsp3) is 0.105. The molecule has 28 heavy (non-hydrogen) atoms. The predicted molar refractivity (Wildman–Crippen MR) is 103 cm³/mol. The number of nitrogens with one attached hydrogen (secondary N) is 1. The van der Waals surface area contributed by atoms with Gasteiger partial charge in [-0.05, 0) is 46.7 Å². The van der Waals surface area contributed by atoms with E-state index in [1.54, 1.807) is 28.8 Å². The van der Waals surface area contributed by atoms with Crippen molar-refractivity contribution < 1.29 is 14.2 Å². The average molecular weight is 396 g/mol. The first-order valence-electron chi connectivity index (χ1n) is 8.37. The van der Waals surface area contributed by atoms with Crippen molar-refractivity contribution >= 4 is 40.1 Å². The SMILES string of the molecule is CC(=O)Nc1nonc1-c1nc2ccccc2n1CC(=O)c1ccc(Cl)cc1. The Morgan fingerprint density at radius 3 is 2.61 bits per heavy atom. The fourth-order valence-corrected chi connectivity index (χ4v) is 3.00. The molecule has 0 spiro atoms. The number of ketones is 1. The Balaban J connectivity index is 1.80. The van der Waals surface area contributed by atoms with Gasteiger partial charge in [-0.15, -0.1) is 0 Å². The van der Waals surface area contributed by atoms with E-state index in [0.717, 1.165) is 5.52 Å². The maximum atomic E-state index is 12.8. The van der Waals surface area contributed by atoms with Crippen LogP contribution in [0.5, 0.6) is 0 Å². The molecular formula is C19H14ClN5O3. The molecule has 0 aliphatic rings. The van der Waals surface area contributed by atoms with Crippen LogP contribution in [-0.4, -0.2) is 31.6 Å². The summed E-state index contributed by atoms with van der Waals surface area (Å²) in [6.45, 7) is 1.37. The summed E-state index contributed by atoms with van der Waals surface area (Å²) in [7, 11) is 0. The Kier molecular flexibility index (Phi) is 4.62. The third-order valence-corrected chi connectivity index (χ3v) is 4.37. The summed E-state index contributed by atoms with van der Waals surface area (Å²) in [5.41, 5.74) is 2.19. The summed E-state index contributed by atoms with van der Waals surface area (Å²) in [6, 6.07) is 14.1. The van der Waals surface area contributed by atoms with Crippen molar-refractivity contribution in [2.75, 3.05) is 5.32 Å². The molecule has 2 aromatic heterocycles. The number of hydrogen-bond acceptors (Lipinski definition) is 6. The maximum absolute atomic E-state index is 12.8. The normalized spacial score (nSPS) is 10.9. The molecule has 0 aliphatic heterocycles. The molecule has 0 saturated heterocycles. The molecule has 0 bridgehead atoms. The van der Waals surface area contributed by atoms with Gasteiger partial charge in [-0.25, -0.2) is 9.61 Å². The van der Waals surface area contributed by atoms with Crippen LogP contribution in [0.4, 0.5) is 5.82 Å². The first kappa shape index (κ1) is 17.9. The quantitative estimate of drug-likeness (QED) is 0.518. The van der Waals surface area contributed by atoms with E-state index in [1.165, 1.54) is 6.92 Å². The van der Waals surface area contributed by atoms with Gasteiger partial charge in [0, 0.05) is 17.5 Å². The molecule has 9 heteroatoms. The van der Waals surface area contributed by atoms with E-state index in [-0.39, 0.29) is 29.7 Å². The van der Waals surface area contributed by atoms with Gasteiger partial charge < -0.3 is 9.88 Å². The van der Waals surface area contributed by atoms with Crippen molar-refractivity contribution in [2.24, 2.45) is 0 Å². The second kappa shape index (κ2) is 7.24. The number of fused-ring (bicyclic) bond motifs is 1. The summed E-state index contributed by atoms with van der Waals surface area (Å²) < 4.78 is 6.51. The molecule has 0 radical (unpaired) electrons. The highest BCUT2D eigenvalue weighted by Crippen LogP contribution is 2.28. The van der Waals surface area contributed by atoms with Crippen LogP contribution >= 0.6 is 11.6 Å². The minimum Gasteiger partial charge on any atom is -0.315 e. The number of anilines is 1. The second-order valence-corrected chi connectivity index (χ2v) is 6.52. The largest absolute Gasteiger partial charge is 0.315 e. The summed E-state index contributed by atoms with van der Waals surface area (Å²) >= 11 is 5.90. The lowest BCUT2D eigenvalue weighted by Crippen LogP contribution is -2.13. The van der Waals surface area contributed by atoms with Crippen molar-refractivity contribution in [2.45, 2.75) is 13.5 Å². The highest BCUT2D eigenvalue weighted by Gasteiger charge is 2.22. The van der Waals surface area contributed by atoms with E-state index in [9.17, 15) is 9.59 Å². The monoisotopic (exact) mass is 395 g/mol. The van der Waals surface area contributed by atoms with E-state index in [0.29, 0.717) is 21.9 Å². The molecule has 2 heterocycles. The van der Waals surface area contributed by atoms with Gasteiger partial charge in [0.05, 0.1) is 17.6 Å². The van der Waals surface area contributed by atoms with Gasteiger partial charge in [0.1, 0.15) is 0 Å². The third-order valence-electron chi connectivity index (χ3n) is 4.12. The zero-order valence-electron chi connectivity index (χ0n) is 14.7. The molecule has 1 N–H and O–H groups in total. The summed E-state index contributed by atoms with van der Waals surface area (Å²) in [5.74, 6) is 0.0620. The molecular weight excluding hydrogens is 382 g/mol. The average Bonchev–Trinajstić information content (AvgIpc) is 3.26. The van der Waals surface area contributed by atoms with Gasteiger partial charge in [-0.2, -0.15) is 0 Å². The van der Waals surface area contributed by atoms with Crippen molar-refractivity contribution in [3.63, 3.8) is 0 Å². The van der Waals surface area contributed by atoms with E-state index in [2.05, 4.69) is 20.6 Å². The number of imidazole rings is 1. The molecule has 140 valence electrons. The standard InChI is InChI=1S/C19H14ClN5O3/c1-11(26)21-18-17(23-28-24-18)19-22-14-4-2-3-5-15(14)25(19)10-16(27)12-6-8-13(20)9-7-12/h2-9H,10H2,1H3,(H,21,24,26). The van der Waals surface area contributed by atoms with Gasteiger partial charge in [0.15, 0.2) is 17.3 Å². The zero-order chi connectivity index (χ0) is 19.7. The van der Waals surface area contributed by atoms with Gasteiger partial charge >= 0.3 is 0 Å². The topological polar surface area (TPSA) is 103 Å². The summed E-state index contributed by atoms with van der Waals surface area (Å²) in [6.07, 6.45) is 0. The molecule has 4 aromatic rings. The Morgan fingerprint density at radius 1 is 1.11 bits per heavy atom. The predicted octanol–water partition coefficient (Wildman–Crippen LogP) is 3.58. The fourth-order valence-electron chi connectivity index (χ4n) is 2.87. The lowest BCUT2D eigenvalue weighted by Gasteiger charge is -2.08. The van der Waals surface area contributed by atoms with Gasteiger partial charge in [0.25, 0.3) is 0 Å². The Morgan fingerprint density at radius 2 is 1.86 bits per heavy atom. The Bertz CT molecular complexity index is 1180. The van der Waals surface area contributed by atoms with Crippen molar-refractivity contribution in [3.05, 3.63) is 59.1 Å². The molecule has 2 aromatic carbocycles. The highest BCUT2D eigenvalue weighted by atomic mass is 35.5. The number of halogens is 1. The van der Waals surface area contributed by atoms with Crippen molar-refractivity contribution in [1.29, 1.82) is 0 Å². The number of Topliss-reactive ketones (excluding diaryl/α,β-unsaturated/α-hetero) is 1. The summed E-state index contributed by atoms with van der Waals surface area (Å²) in [5, 5.41) is 10.7. The molecule has 0 fully saturated rings. The summed E-state index contributed by atoms with van der Waals surface area (Å²) in [4.78, 5) is 28.8. The van der Waals surface area contributed by atoms with Gasteiger partial charge in [0.2, 0.25) is 11.7 Å². The molecule has 8 nitrogen and oxygen atoms in total. The molecule has 1 amide bonds. The number of hydrogen-bond donors (Lipinski definition) is 1. The smallest absolute Gasteiger partial charge is 0.222 e. The van der Waals surface area contributed by atoms with Crippen LogP contribution in [0.15, 0.2) is 53.2 Å². The number of nitrogens with zero attached hydrogens (tertiary/aromatic N) is 4. The molecule has 4 rings (SSSR count). The number of para-hydroxylation sites is 2. The van der Waals surface area contributed by atoms with E-state index >= 15 is 0 Å². The van der Waals surface area contributed by atoms with Crippen molar-refractivity contribution in [1.82, 2.24) is 19.9 Å². The molecule has 0 saturated carbocycles. The zero-order valence-corrected chi connectivity index (χ0v) is 15.5. The van der Waals surface area contributed by atoms with Crippen LogP contribution in [0.1, 0.15) is 17.3 Å². The van der Waals surface area contributed by atoms with Crippen LogP contribution in [-0.2, 0) is 11.3 Å². The molecule has 0 aliphatic carbocycles. The van der Waals surface area contributed by atoms with E-state index in [4.69, 9.17) is 16.2 Å². The third kappa shape index (κ3) is 3.37. The first-order chi connectivity index (χ1) is 13.5. The number of rotatable bonds is 5. The highest BCUT2D eigenvalue weighted by molar-refractivity contribution is 6.30. The van der Waals surface area contributed by atoms with Crippen LogP contribution < -0.4 is 5.32 Å². The lowest BCUT2D eigenvalue weighted by molar-refractivity contribution is -0.114. The van der Waals surface area contributed by atoms with Crippen LogP contribution in [0.25, 0.3) is 22.6 Å². The lowest BCUT2D eigenvalue weighted by atomic mass is 10.1. The maximum Gasteiger partial charge on any atom is 0.222 e. The molecule has 0 unspecified atom stereocenters. The van der Waals surface area contributed by atoms with Gasteiger partial charge in [-0.3, -0.25) is 9.59 Å². The van der Waals surface area contributed by atoms with Crippen LogP contribution in [0.3, 0.4) is 0 Å².